The number of ether oxygens (including phenoxy) is 1. The van der Waals surface area contributed by atoms with Crippen LogP contribution in [0.4, 0.5) is 0 Å². The zero-order chi connectivity index (χ0) is 12.9. The third-order valence-corrected chi connectivity index (χ3v) is 4.08. The van der Waals surface area contributed by atoms with E-state index in [-0.39, 0.29) is 0 Å². The minimum atomic E-state index is 0.408. The lowest BCUT2D eigenvalue weighted by atomic mass is 10.1. The summed E-state index contributed by atoms with van der Waals surface area (Å²) in [5.41, 5.74) is 0. The molecular weight excluding hydrogens is 244 g/mol. The summed E-state index contributed by atoms with van der Waals surface area (Å²) in [5.74, 6) is 1.14. The van der Waals surface area contributed by atoms with Gasteiger partial charge in [0, 0.05) is 5.75 Å². The van der Waals surface area contributed by atoms with Gasteiger partial charge in [-0.1, -0.05) is 64.7 Å². The quantitative estimate of drug-likeness (QED) is 0.253. The molecule has 18 heavy (non-hydrogen) atoms. The molecule has 0 N–H and O–H groups in total. The van der Waals surface area contributed by atoms with E-state index < -0.39 is 0 Å². The molecule has 0 amide bonds. The Balaban J connectivity index is 1.60. The molecule has 1 atom stereocenters. The van der Waals surface area contributed by atoms with Crippen LogP contribution in [-0.2, 0) is 8.92 Å². The Labute approximate surface area is 117 Å². The third kappa shape index (κ3) is 11.4. The maximum absolute atomic E-state index is 5.43. The van der Waals surface area contributed by atoms with Gasteiger partial charge in [-0.25, -0.2) is 0 Å². The predicted octanol–water partition coefficient (Wildman–Crippen LogP) is 4.97. The summed E-state index contributed by atoms with van der Waals surface area (Å²) in [4.78, 5) is 0. The van der Waals surface area contributed by atoms with E-state index in [2.05, 4.69) is 6.92 Å². The van der Waals surface area contributed by atoms with E-state index in [0.29, 0.717) is 6.10 Å². The molecule has 1 unspecified atom stereocenters. The maximum Gasteiger partial charge on any atom is 0.105 e. The lowest BCUT2D eigenvalue weighted by molar-refractivity contribution is 0.295. The van der Waals surface area contributed by atoms with Crippen molar-refractivity contribution in [3.63, 3.8) is 0 Å². The smallest absolute Gasteiger partial charge is 0.105 e. The Morgan fingerprint density at radius 3 is 2.06 bits per heavy atom. The van der Waals surface area contributed by atoms with Gasteiger partial charge in [-0.3, -0.25) is 0 Å². The second-order valence-electron chi connectivity index (χ2n) is 5.24. The first-order valence-electron chi connectivity index (χ1n) is 7.79. The van der Waals surface area contributed by atoms with Crippen LogP contribution in [-0.4, -0.2) is 25.1 Å². The molecule has 0 aromatic rings. The average molecular weight is 274 g/mol. The molecule has 0 aromatic heterocycles. The van der Waals surface area contributed by atoms with Crippen molar-refractivity contribution in [2.75, 3.05) is 19.0 Å². The predicted molar refractivity (Wildman–Crippen MR) is 80.0 cm³/mol. The summed E-state index contributed by atoms with van der Waals surface area (Å²) in [7, 11) is 0. The van der Waals surface area contributed by atoms with Gasteiger partial charge in [0.15, 0.2) is 0 Å². The second-order valence-corrected chi connectivity index (χ2v) is 6.12. The van der Waals surface area contributed by atoms with E-state index in [1.165, 1.54) is 64.2 Å². The van der Waals surface area contributed by atoms with E-state index in [9.17, 15) is 0 Å². The van der Waals surface area contributed by atoms with Crippen LogP contribution in [0.25, 0.3) is 0 Å². The van der Waals surface area contributed by atoms with Gasteiger partial charge in [-0.05, 0) is 18.5 Å². The van der Waals surface area contributed by atoms with Crippen LogP contribution >= 0.6 is 12.0 Å². The number of unbranched alkanes of at least 4 members (excludes halogenated alkanes) is 9. The summed E-state index contributed by atoms with van der Waals surface area (Å²) < 4.78 is 10.5. The van der Waals surface area contributed by atoms with E-state index in [1.54, 1.807) is 12.0 Å². The first-order chi connectivity index (χ1) is 8.93. The molecule has 1 fully saturated rings. The fraction of sp³-hybridized carbons (Fsp3) is 1.00. The van der Waals surface area contributed by atoms with Crippen molar-refractivity contribution in [3.05, 3.63) is 0 Å². The lowest BCUT2D eigenvalue weighted by Gasteiger charge is -2.02. The fourth-order valence-corrected chi connectivity index (χ4v) is 2.68. The van der Waals surface area contributed by atoms with Gasteiger partial charge in [0.25, 0.3) is 0 Å². The normalized spacial score (nSPS) is 18.2. The molecule has 0 saturated carbocycles. The second kappa shape index (κ2) is 12.3. The SMILES string of the molecule is CCCCCCCCCCCCSOCC1CO1. The highest BCUT2D eigenvalue weighted by Crippen LogP contribution is 2.15. The van der Waals surface area contributed by atoms with Gasteiger partial charge in [0.05, 0.1) is 13.2 Å². The van der Waals surface area contributed by atoms with Crippen molar-refractivity contribution >= 4 is 12.0 Å². The van der Waals surface area contributed by atoms with Gasteiger partial charge in [0.2, 0.25) is 0 Å². The Morgan fingerprint density at radius 2 is 1.50 bits per heavy atom. The third-order valence-electron chi connectivity index (χ3n) is 3.32. The standard InChI is InChI=1S/C15H30O2S/c1-2-3-4-5-6-7-8-9-10-11-12-18-17-14-15-13-16-15/h15H,2-14H2,1H3. The van der Waals surface area contributed by atoms with Gasteiger partial charge >= 0.3 is 0 Å². The molecule has 1 heterocycles. The molecule has 0 bridgehead atoms. The summed E-state index contributed by atoms with van der Waals surface area (Å²) in [6, 6.07) is 0. The lowest BCUT2D eigenvalue weighted by Crippen LogP contribution is -1.95. The first-order valence-corrected chi connectivity index (χ1v) is 8.70. The minimum absolute atomic E-state index is 0.408. The Bertz CT molecular complexity index is 172. The summed E-state index contributed by atoms with van der Waals surface area (Å²) in [5, 5.41) is 0. The van der Waals surface area contributed by atoms with E-state index in [4.69, 9.17) is 8.92 Å². The van der Waals surface area contributed by atoms with Crippen molar-refractivity contribution in [2.24, 2.45) is 0 Å². The minimum Gasteiger partial charge on any atom is -0.371 e. The van der Waals surface area contributed by atoms with Crippen LogP contribution < -0.4 is 0 Å². The van der Waals surface area contributed by atoms with Gasteiger partial charge in [0.1, 0.15) is 6.10 Å². The number of hydrogen-bond acceptors (Lipinski definition) is 3. The zero-order valence-corrected chi connectivity index (χ0v) is 12.8. The number of epoxide rings is 1. The Kier molecular flexibility index (Phi) is 11.2. The Morgan fingerprint density at radius 1 is 0.944 bits per heavy atom. The van der Waals surface area contributed by atoms with Gasteiger partial charge in [-0.15, -0.1) is 0 Å². The maximum atomic E-state index is 5.43. The van der Waals surface area contributed by atoms with Crippen molar-refractivity contribution < 1.29 is 8.92 Å². The van der Waals surface area contributed by atoms with E-state index >= 15 is 0 Å². The fourth-order valence-electron chi connectivity index (χ4n) is 2.00. The first kappa shape index (κ1) is 16.3. The van der Waals surface area contributed by atoms with Crippen LogP contribution in [0.5, 0.6) is 0 Å². The van der Waals surface area contributed by atoms with Crippen LogP contribution in [0.3, 0.4) is 0 Å². The molecule has 108 valence electrons. The molecule has 1 aliphatic rings. The highest BCUT2D eigenvalue weighted by atomic mass is 32.2. The molecule has 0 radical (unpaired) electrons. The van der Waals surface area contributed by atoms with Gasteiger partial charge in [-0.2, -0.15) is 0 Å². The van der Waals surface area contributed by atoms with Gasteiger partial charge < -0.3 is 8.92 Å². The van der Waals surface area contributed by atoms with Crippen LogP contribution in [0, 0.1) is 0 Å². The number of hydrogen-bond donors (Lipinski definition) is 0. The van der Waals surface area contributed by atoms with Crippen LogP contribution in [0.1, 0.15) is 71.1 Å². The van der Waals surface area contributed by atoms with Crippen LogP contribution in [0.15, 0.2) is 0 Å². The summed E-state index contributed by atoms with van der Waals surface area (Å²) >= 11 is 1.62. The van der Waals surface area contributed by atoms with Crippen molar-refractivity contribution in [1.82, 2.24) is 0 Å². The van der Waals surface area contributed by atoms with Crippen molar-refractivity contribution in [3.8, 4) is 0 Å². The summed E-state index contributed by atoms with van der Waals surface area (Å²) in [6.45, 7) is 3.96. The molecule has 1 saturated heterocycles. The van der Waals surface area contributed by atoms with Crippen LogP contribution in [0.2, 0.25) is 0 Å². The van der Waals surface area contributed by atoms with Crippen molar-refractivity contribution in [2.45, 2.75) is 77.2 Å². The summed E-state index contributed by atoms with van der Waals surface area (Å²) in [6.07, 6.45) is 14.4. The molecule has 0 spiro atoms. The molecular formula is C15H30O2S. The molecule has 2 nitrogen and oxygen atoms in total. The number of rotatable bonds is 14. The monoisotopic (exact) mass is 274 g/mol. The Hall–Kier alpha value is 0.270. The average Bonchev–Trinajstić information content (AvgIpc) is 3.19. The zero-order valence-electron chi connectivity index (χ0n) is 12.0. The molecule has 1 rings (SSSR count). The van der Waals surface area contributed by atoms with E-state index in [0.717, 1.165) is 19.0 Å². The van der Waals surface area contributed by atoms with Crippen molar-refractivity contribution in [1.29, 1.82) is 0 Å². The molecule has 3 heteroatoms. The molecule has 1 aliphatic heterocycles. The topological polar surface area (TPSA) is 21.8 Å². The highest BCUT2D eigenvalue weighted by molar-refractivity contribution is 7.94. The van der Waals surface area contributed by atoms with E-state index in [1.807, 2.05) is 0 Å². The molecule has 0 aromatic carbocycles. The largest absolute Gasteiger partial charge is 0.371 e. The molecule has 0 aliphatic carbocycles. The highest BCUT2D eigenvalue weighted by Gasteiger charge is 2.22.